The van der Waals surface area contributed by atoms with Gasteiger partial charge in [0.25, 0.3) is 5.91 Å². The number of hydrogen-bond acceptors (Lipinski definition) is 5. The van der Waals surface area contributed by atoms with Gasteiger partial charge in [-0.25, -0.2) is 4.79 Å². The molecule has 1 aromatic rings. The number of nitrogens with two attached hydrogens (primary N) is 1. The third-order valence-corrected chi connectivity index (χ3v) is 4.34. The third-order valence-electron chi connectivity index (χ3n) is 4.34. The van der Waals surface area contributed by atoms with Gasteiger partial charge in [-0.3, -0.25) is 9.59 Å². The molecule has 0 radical (unpaired) electrons. The van der Waals surface area contributed by atoms with Crippen LogP contribution in [0.15, 0.2) is 24.3 Å². The summed E-state index contributed by atoms with van der Waals surface area (Å²) < 4.78 is 4.85. The van der Waals surface area contributed by atoms with Crippen LogP contribution >= 0.6 is 12.4 Å². The minimum atomic E-state index is -0.800. The predicted octanol–water partition coefficient (Wildman–Crippen LogP) is 2.00. The van der Waals surface area contributed by atoms with E-state index in [9.17, 15) is 14.4 Å². The molecule has 144 valence electrons. The number of esters is 1. The zero-order chi connectivity index (χ0) is 18.4. The SMILES string of the molecule is CCOC(=O)C(C)NC(=O)c1ccc(NC(=O)C2(N)CCCC2)cc1.Cl. The van der Waals surface area contributed by atoms with Gasteiger partial charge in [-0.15, -0.1) is 12.4 Å². The van der Waals surface area contributed by atoms with Crippen LogP contribution in [-0.2, 0) is 14.3 Å². The lowest BCUT2D eigenvalue weighted by Gasteiger charge is -2.22. The van der Waals surface area contributed by atoms with Gasteiger partial charge in [0, 0.05) is 11.3 Å². The minimum Gasteiger partial charge on any atom is -0.464 e. The van der Waals surface area contributed by atoms with Crippen molar-refractivity contribution < 1.29 is 19.1 Å². The molecular weight excluding hydrogens is 358 g/mol. The molecule has 1 atom stereocenters. The molecule has 2 amide bonds. The number of rotatable bonds is 6. The van der Waals surface area contributed by atoms with Crippen LogP contribution in [0.4, 0.5) is 5.69 Å². The second-order valence-corrected chi connectivity index (χ2v) is 6.34. The van der Waals surface area contributed by atoms with Gasteiger partial charge in [-0.05, 0) is 51.0 Å². The Balaban J connectivity index is 0.00000338. The van der Waals surface area contributed by atoms with Crippen LogP contribution in [0, 0.1) is 0 Å². The molecule has 0 aliphatic heterocycles. The van der Waals surface area contributed by atoms with Gasteiger partial charge in [0.2, 0.25) is 5.91 Å². The van der Waals surface area contributed by atoms with Crippen LogP contribution in [0.3, 0.4) is 0 Å². The van der Waals surface area contributed by atoms with Crippen LogP contribution in [0.1, 0.15) is 49.9 Å². The van der Waals surface area contributed by atoms with Crippen molar-refractivity contribution in [2.24, 2.45) is 5.73 Å². The second-order valence-electron chi connectivity index (χ2n) is 6.34. The van der Waals surface area contributed by atoms with Crippen molar-refractivity contribution in [2.75, 3.05) is 11.9 Å². The van der Waals surface area contributed by atoms with E-state index < -0.39 is 17.6 Å². The van der Waals surface area contributed by atoms with E-state index in [0.717, 1.165) is 12.8 Å². The van der Waals surface area contributed by atoms with Crippen LogP contribution < -0.4 is 16.4 Å². The zero-order valence-electron chi connectivity index (χ0n) is 15.0. The van der Waals surface area contributed by atoms with E-state index in [1.807, 2.05) is 0 Å². The fourth-order valence-corrected chi connectivity index (χ4v) is 2.80. The lowest BCUT2D eigenvalue weighted by atomic mass is 9.98. The molecule has 0 spiro atoms. The lowest BCUT2D eigenvalue weighted by Crippen LogP contribution is -2.48. The number of amides is 2. The third kappa shape index (κ3) is 5.44. The van der Waals surface area contributed by atoms with E-state index in [-0.39, 0.29) is 30.8 Å². The quantitative estimate of drug-likeness (QED) is 0.650. The first-order valence-corrected chi connectivity index (χ1v) is 8.53. The topological polar surface area (TPSA) is 111 Å². The molecule has 2 rings (SSSR count). The Morgan fingerprint density at radius 3 is 2.31 bits per heavy atom. The molecular formula is C18H26ClN3O4. The summed E-state index contributed by atoms with van der Waals surface area (Å²) in [6.07, 6.45) is 3.29. The first kappa shape index (κ1) is 21.9. The summed E-state index contributed by atoms with van der Waals surface area (Å²) in [5.41, 5.74) is 6.28. The normalized spacial score (nSPS) is 16.1. The summed E-state index contributed by atoms with van der Waals surface area (Å²) in [6, 6.07) is 5.72. The number of nitrogens with one attached hydrogen (secondary N) is 2. The molecule has 0 aromatic heterocycles. The highest BCUT2D eigenvalue weighted by Crippen LogP contribution is 2.28. The molecule has 1 fully saturated rings. The highest BCUT2D eigenvalue weighted by atomic mass is 35.5. The van der Waals surface area contributed by atoms with Crippen molar-refractivity contribution in [3.8, 4) is 0 Å². The second kappa shape index (κ2) is 9.54. The Hall–Kier alpha value is -2.12. The number of hydrogen-bond donors (Lipinski definition) is 3. The van der Waals surface area contributed by atoms with Crippen molar-refractivity contribution >= 4 is 35.9 Å². The fourth-order valence-electron chi connectivity index (χ4n) is 2.80. The highest BCUT2D eigenvalue weighted by molar-refractivity contribution is 6.00. The maximum atomic E-state index is 12.3. The monoisotopic (exact) mass is 383 g/mol. The van der Waals surface area contributed by atoms with Gasteiger partial charge in [0.15, 0.2) is 0 Å². The Morgan fingerprint density at radius 1 is 1.19 bits per heavy atom. The van der Waals surface area contributed by atoms with Gasteiger partial charge in [0.1, 0.15) is 6.04 Å². The maximum absolute atomic E-state index is 12.3. The van der Waals surface area contributed by atoms with E-state index in [2.05, 4.69) is 10.6 Å². The van der Waals surface area contributed by atoms with Crippen molar-refractivity contribution in [1.82, 2.24) is 5.32 Å². The first-order valence-electron chi connectivity index (χ1n) is 8.53. The van der Waals surface area contributed by atoms with E-state index >= 15 is 0 Å². The van der Waals surface area contributed by atoms with E-state index in [0.29, 0.717) is 24.1 Å². The van der Waals surface area contributed by atoms with Crippen molar-refractivity contribution in [2.45, 2.75) is 51.1 Å². The fraction of sp³-hybridized carbons (Fsp3) is 0.500. The standard InChI is InChI=1S/C18H25N3O4.ClH/c1-3-25-16(23)12(2)20-15(22)13-6-8-14(9-7-13)21-17(24)18(19)10-4-5-11-18;/h6-9,12H,3-5,10-11,19H2,1-2H3,(H,20,22)(H,21,24);1H. The summed E-state index contributed by atoms with van der Waals surface area (Å²) in [7, 11) is 0. The van der Waals surface area contributed by atoms with Gasteiger partial charge in [0.05, 0.1) is 12.1 Å². The zero-order valence-corrected chi connectivity index (χ0v) is 15.9. The molecule has 0 heterocycles. The molecule has 1 aromatic carbocycles. The summed E-state index contributed by atoms with van der Waals surface area (Å²) >= 11 is 0. The van der Waals surface area contributed by atoms with Gasteiger partial charge in [-0.1, -0.05) is 12.8 Å². The Labute approximate surface area is 159 Å². The van der Waals surface area contributed by atoms with E-state index in [4.69, 9.17) is 10.5 Å². The Kier molecular flexibility index (Phi) is 8.05. The number of carbonyl (C=O) groups excluding carboxylic acids is 3. The maximum Gasteiger partial charge on any atom is 0.328 e. The van der Waals surface area contributed by atoms with Crippen LogP contribution in [0.25, 0.3) is 0 Å². The summed E-state index contributed by atoms with van der Waals surface area (Å²) in [6.45, 7) is 3.53. The number of halogens is 1. The molecule has 0 saturated heterocycles. The number of benzene rings is 1. The molecule has 26 heavy (non-hydrogen) atoms. The van der Waals surface area contributed by atoms with E-state index in [1.165, 1.54) is 0 Å². The number of carbonyl (C=O) groups is 3. The van der Waals surface area contributed by atoms with Crippen LogP contribution in [0.5, 0.6) is 0 Å². The van der Waals surface area contributed by atoms with Crippen LogP contribution in [0.2, 0.25) is 0 Å². The van der Waals surface area contributed by atoms with Crippen molar-refractivity contribution in [1.29, 1.82) is 0 Å². The molecule has 8 heteroatoms. The molecule has 0 bridgehead atoms. The van der Waals surface area contributed by atoms with Gasteiger partial charge >= 0.3 is 5.97 Å². The Bertz CT molecular complexity index is 642. The summed E-state index contributed by atoms with van der Waals surface area (Å²) in [5, 5.41) is 5.37. The van der Waals surface area contributed by atoms with Gasteiger partial charge < -0.3 is 21.1 Å². The largest absolute Gasteiger partial charge is 0.464 e. The molecule has 1 saturated carbocycles. The van der Waals surface area contributed by atoms with E-state index in [1.54, 1.807) is 38.1 Å². The lowest BCUT2D eigenvalue weighted by molar-refractivity contribution is -0.144. The average molecular weight is 384 g/mol. The van der Waals surface area contributed by atoms with Crippen molar-refractivity contribution in [3.05, 3.63) is 29.8 Å². The molecule has 1 aliphatic rings. The molecule has 1 unspecified atom stereocenters. The summed E-state index contributed by atoms with van der Waals surface area (Å²) in [4.78, 5) is 35.9. The summed E-state index contributed by atoms with van der Waals surface area (Å²) in [5.74, 6) is -1.06. The first-order chi connectivity index (χ1) is 11.9. The molecule has 7 nitrogen and oxygen atoms in total. The molecule has 1 aliphatic carbocycles. The Morgan fingerprint density at radius 2 is 1.77 bits per heavy atom. The minimum absolute atomic E-state index is 0. The molecule has 4 N–H and O–H groups in total. The average Bonchev–Trinajstić information content (AvgIpc) is 3.03. The van der Waals surface area contributed by atoms with Crippen molar-refractivity contribution in [3.63, 3.8) is 0 Å². The van der Waals surface area contributed by atoms with Crippen LogP contribution in [-0.4, -0.2) is 36.0 Å². The smallest absolute Gasteiger partial charge is 0.328 e. The number of ether oxygens (including phenoxy) is 1. The number of anilines is 1. The highest BCUT2D eigenvalue weighted by Gasteiger charge is 2.36. The predicted molar refractivity (Wildman–Crippen MR) is 101 cm³/mol. The van der Waals surface area contributed by atoms with Gasteiger partial charge in [-0.2, -0.15) is 0 Å².